The quantitative estimate of drug-likeness (QED) is 0.278. The van der Waals surface area contributed by atoms with Crippen LogP contribution in [0.2, 0.25) is 0 Å². The molecule has 0 saturated carbocycles. The van der Waals surface area contributed by atoms with Gasteiger partial charge in [-0.05, 0) is 61.1 Å². The highest BCUT2D eigenvalue weighted by atomic mass is 19.4. The number of fused-ring (bicyclic) bond motifs is 1. The van der Waals surface area contributed by atoms with Gasteiger partial charge in [-0.3, -0.25) is 9.89 Å². The molecule has 0 aliphatic carbocycles. The highest BCUT2D eigenvalue weighted by Crippen LogP contribution is 2.29. The van der Waals surface area contributed by atoms with Crippen molar-refractivity contribution in [2.24, 2.45) is 0 Å². The van der Waals surface area contributed by atoms with Gasteiger partial charge in [-0.1, -0.05) is 12.1 Å². The third kappa shape index (κ3) is 6.72. The van der Waals surface area contributed by atoms with Gasteiger partial charge in [0.1, 0.15) is 12.4 Å². The number of nitrogens with one attached hydrogen (secondary N) is 2. The minimum Gasteiger partial charge on any atom is -0.491 e. The number of benzene rings is 3. The van der Waals surface area contributed by atoms with Crippen LogP contribution in [-0.2, 0) is 17.5 Å². The Hall–Kier alpha value is -4.09. The highest BCUT2D eigenvalue weighted by molar-refractivity contribution is 6.08. The van der Waals surface area contributed by atoms with E-state index in [1.54, 1.807) is 12.1 Å². The maximum absolute atomic E-state index is 12.8. The molecule has 0 unspecified atom stereocenters. The van der Waals surface area contributed by atoms with Gasteiger partial charge in [-0.15, -0.1) is 0 Å². The molecule has 0 atom stereocenters. The van der Waals surface area contributed by atoms with Gasteiger partial charge in [-0.2, -0.15) is 18.3 Å². The number of carbonyl (C=O) groups excluding carboxylic acids is 1. The molecule has 5 rings (SSSR count). The summed E-state index contributed by atoms with van der Waals surface area (Å²) in [6.07, 6.45) is -4.35. The Bertz CT molecular complexity index is 1430. The molecular weight excluding hydrogens is 523 g/mol. The molecule has 2 heterocycles. The fourth-order valence-corrected chi connectivity index (χ4v) is 4.45. The normalized spacial score (nSPS) is 14.4. The van der Waals surface area contributed by atoms with Crippen molar-refractivity contribution < 1.29 is 27.4 Å². The summed E-state index contributed by atoms with van der Waals surface area (Å²) in [6.45, 7) is 4.65. The summed E-state index contributed by atoms with van der Waals surface area (Å²) in [5.41, 5.74) is 2.31. The van der Waals surface area contributed by atoms with Crippen molar-refractivity contribution in [2.75, 3.05) is 56.7 Å². The summed E-state index contributed by atoms with van der Waals surface area (Å²) in [6, 6.07) is 17.8. The van der Waals surface area contributed by atoms with Gasteiger partial charge in [0.15, 0.2) is 5.82 Å². The number of alkyl halides is 3. The van der Waals surface area contributed by atoms with E-state index in [1.165, 1.54) is 12.1 Å². The number of anilines is 2. The third-order valence-corrected chi connectivity index (χ3v) is 6.81. The molecule has 3 aromatic carbocycles. The number of hydrogen-bond acceptors (Lipinski definition) is 6. The molecule has 210 valence electrons. The molecule has 1 aromatic heterocycles. The van der Waals surface area contributed by atoms with E-state index in [1.807, 2.05) is 30.3 Å². The zero-order chi connectivity index (χ0) is 28.1. The van der Waals surface area contributed by atoms with E-state index in [9.17, 15) is 18.0 Å². The average Bonchev–Trinajstić information content (AvgIpc) is 3.35. The molecule has 1 aliphatic heterocycles. The smallest absolute Gasteiger partial charge is 0.416 e. The number of aromatic nitrogens is 2. The first-order valence-corrected chi connectivity index (χ1v) is 13.0. The number of rotatable bonds is 9. The van der Waals surface area contributed by atoms with Gasteiger partial charge in [0.05, 0.1) is 24.3 Å². The predicted molar refractivity (Wildman–Crippen MR) is 147 cm³/mol. The van der Waals surface area contributed by atoms with Crippen molar-refractivity contribution in [3.63, 3.8) is 0 Å². The summed E-state index contributed by atoms with van der Waals surface area (Å²) >= 11 is 0. The van der Waals surface area contributed by atoms with Crippen LogP contribution in [0.25, 0.3) is 10.9 Å². The number of aromatic amines is 1. The fraction of sp³-hybridized carbons (Fsp3) is 0.310. The van der Waals surface area contributed by atoms with E-state index >= 15 is 0 Å². The second-order valence-corrected chi connectivity index (χ2v) is 9.67. The standard InChI is InChI=1S/C29H30F3N5O3/c1-36-12-14-37(15-13-36)23-8-4-21(5-9-23)28(38)33-27-25-11-10-24(18-26(25)34-35-27)40-17-16-39-19-20-2-6-22(7-3-20)29(30,31)32/h2-11,18H,12-17,19H2,1H3,(H2,33,34,35,38). The number of likely N-dealkylation sites (N-methyl/N-ethyl adjacent to an activating group) is 1. The van der Waals surface area contributed by atoms with Gasteiger partial charge in [0.2, 0.25) is 0 Å². The zero-order valence-electron chi connectivity index (χ0n) is 22.0. The molecule has 0 bridgehead atoms. The minimum atomic E-state index is -4.35. The molecule has 2 N–H and O–H groups in total. The van der Waals surface area contributed by atoms with Gasteiger partial charge < -0.3 is 24.6 Å². The van der Waals surface area contributed by atoms with E-state index in [-0.39, 0.29) is 25.7 Å². The minimum absolute atomic E-state index is 0.183. The summed E-state index contributed by atoms with van der Waals surface area (Å²) < 4.78 is 49.2. The van der Waals surface area contributed by atoms with E-state index in [0.717, 1.165) is 49.4 Å². The number of carbonyl (C=O) groups is 1. The lowest BCUT2D eigenvalue weighted by molar-refractivity contribution is -0.137. The van der Waals surface area contributed by atoms with Crippen molar-refractivity contribution in [1.29, 1.82) is 0 Å². The van der Waals surface area contributed by atoms with Crippen molar-refractivity contribution in [1.82, 2.24) is 15.1 Å². The first-order chi connectivity index (χ1) is 19.3. The molecule has 0 radical (unpaired) electrons. The average molecular weight is 554 g/mol. The van der Waals surface area contributed by atoms with Crippen LogP contribution in [0.1, 0.15) is 21.5 Å². The maximum atomic E-state index is 12.8. The van der Waals surface area contributed by atoms with Crippen LogP contribution in [0.5, 0.6) is 5.75 Å². The van der Waals surface area contributed by atoms with Crippen LogP contribution in [0.4, 0.5) is 24.7 Å². The van der Waals surface area contributed by atoms with Crippen LogP contribution in [0.15, 0.2) is 66.7 Å². The van der Waals surface area contributed by atoms with Gasteiger partial charge in [0, 0.05) is 48.9 Å². The summed E-state index contributed by atoms with van der Waals surface area (Å²) in [7, 11) is 2.12. The number of H-pyrrole nitrogens is 1. The van der Waals surface area contributed by atoms with Crippen LogP contribution in [0, 0.1) is 0 Å². The topological polar surface area (TPSA) is 82.7 Å². The zero-order valence-corrected chi connectivity index (χ0v) is 22.0. The Balaban J connectivity index is 1.10. The Labute approximate surface area is 229 Å². The molecule has 1 fully saturated rings. The van der Waals surface area contributed by atoms with Crippen molar-refractivity contribution in [3.8, 4) is 5.75 Å². The Morgan fingerprint density at radius 3 is 2.40 bits per heavy atom. The van der Waals surface area contributed by atoms with Crippen molar-refractivity contribution in [2.45, 2.75) is 12.8 Å². The Morgan fingerprint density at radius 2 is 1.70 bits per heavy atom. The van der Waals surface area contributed by atoms with E-state index in [2.05, 4.69) is 32.4 Å². The van der Waals surface area contributed by atoms with Crippen molar-refractivity contribution in [3.05, 3.63) is 83.4 Å². The van der Waals surface area contributed by atoms with Gasteiger partial charge in [0.25, 0.3) is 5.91 Å². The number of ether oxygens (including phenoxy) is 2. The van der Waals surface area contributed by atoms with Crippen LogP contribution >= 0.6 is 0 Å². The first-order valence-electron chi connectivity index (χ1n) is 13.0. The lowest BCUT2D eigenvalue weighted by Gasteiger charge is -2.34. The van der Waals surface area contributed by atoms with Crippen molar-refractivity contribution >= 4 is 28.3 Å². The fourth-order valence-electron chi connectivity index (χ4n) is 4.45. The SMILES string of the molecule is CN1CCN(c2ccc(C(=O)Nc3n[nH]c4cc(OCCOCc5ccc(C(F)(F)F)cc5)ccc34)cc2)CC1. The predicted octanol–water partition coefficient (Wildman–Crippen LogP) is 5.18. The van der Waals surface area contributed by atoms with Gasteiger partial charge in [-0.25, -0.2) is 0 Å². The van der Waals surface area contributed by atoms with E-state index < -0.39 is 11.7 Å². The molecule has 4 aromatic rings. The second kappa shape index (κ2) is 12.0. The first kappa shape index (κ1) is 27.5. The van der Waals surface area contributed by atoms with E-state index in [4.69, 9.17) is 9.47 Å². The monoisotopic (exact) mass is 553 g/mol. The number of amides is 1. The lowest BCUT2D eigenvalue weighted by atomic mass is 10.1. The van der Waals surface area contributed by atoms with Crippen LogP contribution < -0.4 is 15.0 Å². The molecule has 40 heavy (non-hydrogen) atoms. The molecule has 1 saturated heterocycles. The number of hydrogen-bond donors (Lipinski definition) is 2. The summed E-state index contributed by atoms with van der Waals surface area (Å²) in [4.78, 5) is 17.5. The Kier molecular flexibility index (Phi) is 8.22. The van der Waals surface area contributed by atoms with Crippen LogP contribution in [-0.4, -0.2) is 67.4 Å². The lowest BCUT2D eigenvalue weighted by Crippen LogP contribution is -2.44. The summed E-state index contributed by atoms with van der Waals surface area (Å²) in [5, 5.41) is 10.8. The largest absolute Gasteiger partial charge is 0.491 e. The summed E-state index contributed by atoms with van der Waals surface area (Å²) in [5.74, 6) is 0.769. The highest BCUT2D eigenvalue weighted by Gasteiger charge is 2.29. The molecule has 1 amide bonds. The Morgan fingerprint density at radius 1 is 0.975 bits per heavy atom. The second-order valence-electron chi connectivity index (χ2n) is 9.67. The van der Waals surface area contributed by atoms with E-state index in [0.29, 0.717) is 28.2 Å². The van der Waals surface area contributed by atoms with Crippen LogP contribution in [0.3, 0.4) is 0 Å². The molecule has 1 aliphatic rings. The number of nitrogens with zero attached hydrogens (tertiary/aromatic N) is 3. The number of piperazine rings is 1. The molecular formula is C29H30F3N5O3. The molecule has 0 spiro atoms. The molecule has 8 nitrogen and oxygen atoms in total. The third-order valence-electron chi connectivity index (χ3n) is 6.81. The van der Waals surface area contributed by atoms with Gasteiger partial charge >= 0.3 is 6.18 Å². The maximum Gasteiger partial charge on any atom is 0.416 e. The number of halogens is 3. The molecule has 11 heteroatoms.